The molecule has 1 aliphatic heterocycles. The smallest absolute Gasteiger partial charge is 0.349 e. The summed E-state index contributed by atoms with van der Waals surface area (Å²) < 4.78 is 11.5. The Labute approximate surface area is 132 Å². The average molecular weight is 318 g/mol. The van der Waals surface area contributed by atoms with Gasteiger partial charge in [0.25, 0.3) is 0 Å². The average Bonchev–Trinajstić information content (AvgIpc) is 3.09. The normalized spacial score (nSPS) is 16.7. The molecule has 0 N–H and O–H groups in total. The Morgan fingerprint density at radius 1 is 1.39 bits per heavy atom. The Kier molecular flexibility index (Phi) is 3.77. The molecule has 3 rings (SSSR count). The first-order chi connectivity index (χ1) is 10.9. The molecule has 2 aromatic rings. The lowest BCUT2D eigenvalue weighted by Crippen LogP contribution is -2.46. The largest absolute Gasteiger partial charge is 0.462 e. The van der Waals surface area contributed by atoms with Crippen molar-refractivity contribution in [2.75, 3.05) is 19.9 Å². The zero-order valence-electron chi connectivity index (χ0n) is 13.3. The number of hydrogen-bond acceptors (Lipinski definition) is 6. The minimum absolute atomic E-state index is 0.199. The number of carbonyl (C=O) groups is 2. The quantitative estimate of drug-likeness (QED) is 0.782. The van der Waals surface area contributed by atoms with Gasteiger partial charge in [-0.15, -0.1) is 5.10 Å². The molecule has 0 aliphatic carbocycles. The van der Waals surface area contributed by atoms with Gasteiger partial charge in [0.05, 0.1) is 24.3 Å². The van der Waals surface area contributed by atoms with E-state index in [0.717, 1.165) is 0 Å². The maximum Gasteiger partial charge on any atom is 0.349 e. The first-order valence-electron chi connectivity index (χ1n) is 7.36. The molecule has 1 aromatic carbocycles. The van der Waals surface area contributed by atoms with E-state index in [1.54, 1.807) is 30.0 Å². The van der Waals surface area contributed by atoms with Crippen molar-refractivity contribution in [2.45, 2.75) is 26.3 Å². The summed E-state index contributed by atoms with van der Waals surface area (Å²) in [7, 11) is 0. The molecule has 122 valence electrons. The van der Waals surface area contributed by atoms with Gasteiger partial charge in [0.1, 0.15) is 17.8 Å². The topological polar surface area (TPSA) is 86.5 Å². The Balaban J connectivity index is 1.99. The molecule has 0 unspecified atom stereocenters. The molecule has 23 heavy (non-hydrogen) atoms. The number of rotatable bonds is 2. The molecule has 1 aromatic heterocycles. The summed E-state index contributed by atoms with van der Waals surface area (Å²) in [5, 5.41) is 7.90. The fourth-order valence-corrected chi connectivity index (χ4v) is 2.47. The van der Waals surface area contributed by atoms with Gasteiger partial charge in [0, 0.05) is 0 Å². The first-order valence-corrected chi connectivity index (χ1v) is 7.36. The molecular weight excluding hydrogens is 300 g/mol. The van der Waals surface area contributed by atoms with E-state index in [2.05, 4.69) is 10.3 Å². The predicted octanol–water partition coefficient (Wildman–Crippen LogP) is 1.64. The van der Waals surface area contributed by atoms with Crippen LogP contribution in [0, 0.1) is 0 Å². The number of aromatic nitrogens is 3. The number of benzene rings is 1. The van der Waals surface area contributed by atoms with Crippen molar-refractivity contribution < 1.29 is 19.1 Å². The van der Waals surface area contributed by atoms with Gasteiger partial charge in [-0.2, -0.15) is 4.68 Å². The third kappa shape index (κ3) is 2.65. The number of amides is 1. The molecule has 0 spiro atoms. The maximum absolute atomic E-state index is 12.7. The van der Waals surface area contributed by atoms with Gasteiger partial charge < -0.3 is 9.47 Å². The van der Waals surface area contributed by atoms with Crippen LogP contribution in [0.1, 0.15) is 31.1 Å². The van der Waals surface area contributed by atoms with Crippen molar-refractivity contribution in [1.82, 2.24) is 19.9 Å². The summed E-state index contributed by atoms with van der Waals surface area (Å²) in [6, 6.07) is 4.47. The van der Waals surface area contributed by atoms with Crippen LogP contribution in [0.2, 0.25) is 0 Å². The minimum Gasteiger partial charge on any atom is -0.462 e. The third-order valence-corrected chi connectivity index (χ3v) is 3.78. The highest BCUT2D eigenvalue weighted by molar-refractivity contribution is 5.96. The Bertz CT molecular complexity index is 768. The molecule has 1 aliphatic rings. The third-order valence-electron chi connectivity index (χ3n) is 3.78. The minimum atomic E-state index is -0.445. The maximum atomic E-state index is 12.7. The van der Waals surface area contributed by atoms with E-state index in [0.29, 0.717) is 23.2 Å². The second kappa shape index (κ2) is 5.62. The molecule has 2 heterocycles. The molecule has 0 saturated carbocycles. The molecule has 0 bridgehead atoms. The molecule has 0 atom stereocenters. The van der Waals surface area contributed by atoms with E-state index in [1.807, 2.05) is 13.8 Å². The lowest BCUT2D eigenvalue weighted by molar-refractivity contribution is 0.0526. The zero-order valence-corrected chi connectivity index (χ0v) is 13.3. The van der Waals surface area contributed by atoms with Crippen LogP contribution in [0.5, 0.6) is 0 Å². The van der Waals surface area contributed by atoms with Crippen LogP contribution in [-0.2, 0) is 9.47 Å². The first kappa shape index (κ1) is 15.4. The van der Waals surface area contributed by atoms with Gasteiger partial charge in [-0.1, -0.05) is 5.21 Å². The van der Waals surface area contributed by atoms with E-state index >= 15 is 0 Å². The summed E-state index contributed by atoms with van der Waals surface area (Å²) >= 11 is 0. The fourth-order valence-electron chi connectivity index (χ4n) is 2.47. The fraction of sp³-hybridized carbons (Fsp3) is 0.467. The number of nitrogens with zero attached hydrogens (tertiary/aromatic N) is 4. The van der Waals surface area contributed by atoms with Crippen molar-refractivity contribution in [3.05, 3.63) is 23.8 Å². The van der Waals surface area contributed by atoms with Crippen molar-refractivity contribution in [1.29, 1.82) is 0 Å². The van der Waals surface area contributed by atoms with Crippen LogP contribution in [0.15, 0.2) is 18.2 Å². The highest BCUT2D eigenvalue weighted by Crippen LogP contribution is 2.24. The molecule has 8 heteroatoms. The van der Waals surface area contributed by atoms with Crippen molar-refractivity contribution >= 4 is 23.0 Å². The van der Waals surface area contributed by atoms with E-state index < -0.39 is 11.5 Å². The standard InChI is InChI=1S/C15H18N4O4/c1-4-23-13(20)10-5-6-11-12(7-10)19(17-16-11)14(21)18-9-22-8-15(18,2)3/h5-7H,4,8-9H2,1-3H3. The molecule has 0 radical (unpaired) electrons. The molecule has 1 saturated heterocycles. The molecule has 1 amide bonds. The van der Waals surface area contributed by atoms with E-state index in [1.165, 1.54) is 4.68 Å². The predicted molar refractivity (Wildman–Crippen MR) is 81.0 cm³/mol. The highest BCUT2D eigenvalue weighted by Gasteiger charge is 2.38. The summed E-state index contributed by atoms with van der Waals surface area (Å²) in [5.41, 5.74) is 0.925. The van der Waals surface area contributed by atoms with Crippen LogP contribution >= 0.6 is 0 Å². The summed E-state index contributed by atoms with van der Waals surface area (Å²) in [6.45, 7) is 6.51. The van der Waals surface area contributed by atoms with E-state index in [-0.39, 0.29) is 19.4 Å². The Morgan fingerprint density at radius 3 is 2.83 bits per heavy atom. The van der Waals surface area contributed by atoms with Gasteiger partial charge >= 0.3 is 12.0 Å². The molecular formula is C15H18N4O4. The van der Waals surface area contributed by atoms with Crippen LogP contribution in [0.3, 0.4) is 0 Å². The van der Waals surface area contributed by atoms with Gasteiger partial charge in [-0.3, -0.25) is 4.90 Å². The Morgan fingerprint density at radius 2 is 2.17 bits per heavy atom. The SMILES string of the molecule is CCOC(=O)c1ccc2nnn(C(=O)N3COCC3(C)C)c2c1. The second-order valence-corrected chi connectivity index (χ2v) is 5.93. The summed E-state index contributed by atoms with van der Waals surface area (Å²) in [5.74, 6) is -0.445. The van der Waals surface area contributed by atoms with Gasteiger partial charge in [-0.05, 0) is 39.0 Å². The number of hydrogen-bond donors (Lipinski definition) is 0. The van der Waals surface area contributed by atoms with E-state index in [4.69, 9.17) is 9.47 Å². The molecule has 1 fully saturated rings. The number of fused-ring (bicyclic) bond motifs is 1. The van der Waals surface area contributed by atoms with Crippen LogP contribution in [0.4, 0.5) is 4.79 Å². The second-order valence-electron chi connectivity index (χ2n) is 5.93. The van der Waals surface area contributed by atoms with E-state index in [9.17, 15) is 9.59 Å². The lowest BCUT2D eigenvalue weighted by Gasteiger charge is -2.28. The summed E-state index contributed by atoms with van der Waals surface area (Å²) in [6.07, 6.45) is 0. The van der Waals surface area contributed by atoms with Crippen molar-refractivity contribution in [3.63, 3.8) is 0 Å². The van der Waals surface area contributed by atoms with Crippen LogP contribution in [0.25, 0.3) is 11.0 Å². The van der Waals surface area contributed by atoms with Gasteiger partial charge in [0.15, 0.2) is 0 Å². The number of ether oxygens (including phenoxy) is 2. The lowest BCUT2D eigenvalue weighted by atomic mass is 10.1. The monoisotopic (exact) mass is 318 g/mol. The zero-order chi connectivity index (χ0) is 16.6. The van der Waals surface area contributed by atoms with Gasteiger partial charge in [-0.25, -0.2) is 9.59 Å². The number of carbonyl (C=O) groups excluding carboxylic acids is 2. The van der Waals surface area contributed by atoms with Gasteiger partial charge in [0.2, 0.25) is 0 Å². The van der Waals surface area contributed by atoms with Crippen LogP contribution < -0.4 is 0 Å². The number of esters is 1. The summed E-state index contributed by atoms with van der Waals surface area (Å²) in [4.78, 5) is 26.2. The molecule has 8 nitrogen and oxygen atoms in total. The Hall–Kier alpha value is -2.48. The van der Waals surface area contributed by atoms with Crippen molar-refractivity contribution in [3.8, 4) is 0 Å². The van der Waals surface area contributed by atoms with Crippen molar-refractivity contribution in [2.24, 2.45) is 0 Å². The highest BCUT2D eigenvalue weighted by atomic mass is 16.5. The van der Waals surface area contributed by atoms with Crippen LogP contribution in [-0.4, -0.2) is 57.4 Å².